The van der Waals surface area contributed by atoms with Crippen LogP contribution in [0, 0.1) is 0 Å². The normalized spacial score (nSPS) is 13.7. The van der Waals surface area contributed by atoms with Crippen molar-refractivity contribution in [3.63, 3.8) is 0 Å². The Morgan fingerprint density at radius 2 is 0.357 bits per heavy atom. The van der Waals surface area contributed by atoms with Gasteiger partial charge in [0.1, 0.15) is 6.15 Å². The Bertz CT molecular complexity index is 2950. The molecule has 0 aliphatic heterocycles. The molecular weight excluding hydrogens is 1240 g/mol. The average molecular weight is 1260 g/mol. The van der Waals surface area contributed by atoms with Gasteiger partial charge in [0.2, 0.25) is 0 Å². The first-order valence-electron chi connectivity index (χ1n) is 22.4. The summed E-state index contributed by atoms with van der Waals surface area (Å²) in [5.41, 5.74) is -31.7. The third kappa shape index (κ3) is 15.0. The Labute approximate surface area is 453 Å². The van der Waals surface area contributed by atoms with Crippen LogP contribution in [0.5, 0.6) is 0 Å². The molecule has 84 heavy (non-hydrogen) atoms. The van der Waals surface area contributed by atoms with Gasteiger partial charge in [0.05, 0.1) is 66.5 Å². The van der Waals surface area contributed by atoms with E-state index in [1.54, 1.807) is 30.3 Å². The highest BCUT2D eigenvalue weighted by Crippen LogP contribution is 2.43. The molecule has 0 heterocycles. The molecule has 0 aromatic heterocycles. The predicted octanol–water partition coefficient (Wildman–Crippen LogP) is 18.0. The van der Waals surface area contributed by atoms with Crippen LogP contribution in [0.2, 0.25) is 0 Å². The molecule has 0 spiro atoms. The lowest BCUT2D eigenvalue weighted by Gasteiger charge is -2.46. The summed E-state index contributed by atoms with van der Waals surface area (Å²) in [5.74, 6) is 0. The number of halogens is 30. The van der Waals surface area contributed by atoms with Crippen LogP contribution in [-0.4, -0.2) is 6.15 Å². The van der Waals surface area contributed by atoms with Gasteiger partial charge >= 0.3 is 61.8 Å². The van der Waals surface area contributed by atoms with Crippen LogP contribution < -0.4 is 21.9 Å². The van der Waals surface area contributed by atoms with Crippen LogP contribution in [-0.2, 0) is 72.7 Å². The highest BCUT2D eigenvalue weighted by molar-refractivity contribution is 7.97. The van der Waals surface area contributed by atoms with Crippen molar-refractivity contribution >= 4 is 38.9 Å². The molecule has 0 atom stereocenters. The van der Waals surface area contributed by atoms with Crippen molar-refractivity contribution in [3.05, 3.63) is 207 Å². The molecule has 7 rings (SSSR count). The fourth-order valence-corrected chi connectivity index (χ4v) is 10.7. The fourth-order valence-electron chi connectivity index (χ4n) is 8.60. The Hall–Kier alpha value is -7.15. The van der Waals surface area contributed by atoms with E-state index in [9.17, 15) is 132 Å². The molecular formula is C52H25BF30S. The van der Waals surface area contributed by atoms with Crippen LogP contribution in [0.15, 0.2) is 166 Å². The van der Waals surface area contributed by atoms with Crippen LogP contribution in [0.1, 0.15) is 55.6 Å². The summed E-state index contributed by atoms with van der Waals surface area (Å²) in [6.45, 7) is 0. The first-order chi connectivity index (χ1) is 37.9. The van der Waals surface area contributed by atoms with Crippen molar-refractivity contribution in [2.45, 2.75) is 76.4 Å². The number of rotatable bonds is 7. The molecule has 0 saturated heterocycles. The lowest BCUT2D eigenvalue weighted by atomic mass is 9.12. The molecule has 0 radical (unpaired) electrons. The van der Waals surface area contributed by atoms with E-state index >= 15 is 0 Å². The second kappa shape index (κ2) is 22.4. The first kappa shape index (κ1) is 66.0. The van der Waals surface area contributed by atoms with Crippen molar-refractivity contribution in [1.29, 1.82) is 0 Å². The molecule has 0 N–H and O–H groups in total. The van der Waals surface area contributed by atoms with Gasteiger partial charge in [-0.05, 0) is 84.9 Å². The number of benzene rings is 7. The summed E-state index contributed by atoms with van der Waals surface area (Å²) in [6.07, 6.45) is -63.7. The summed E-state index contributed by atoms with van der Waals surface area (Å²) in [6, 6.07) is 9.60. The zero-order valence-electron chi connectivity index (χ0n) is 40.3. The number of alkyl halides is 30. The van der Waals surface area contributed by atoms with Crippen molar-refractivity contribution in [1.82, 2.24) is 0 Å². The molecule has 0 nitrogen and oxygen atoms in total. The Kier molecular flexibility index (Phi) is 17.6. The Balaban J connectivity index is 0.000000347. The standard InChI is InChI=1S/C32H12BF24.C20H13F6S/c34-25(35,36)13-1-14(26(37,38)39)6-21(5-13)33(22-7-15(27(40,41)42)2-16(8-22)28(43,44)45,23-9-17(29(46,47)48)3-18(10-23)30(49,50)51)24-11-19(31(52,53)54)4-20(12-24)32(55,56)57;21-19(22,23)14-6-10-17(11-7-14)27(16-4-2-1-3-5-16)18-12-8-15(9-13-18)20(24,25)26/h1-12H;1-13H/q-1;+1. The molecule has 0 amide bonds. The maximum atomic E-state index is 14.2. The average Bonchev–Trinajstić information content (AvgIpc) is 0.762. The van der Waals surface area contributed by atoms with Gasteiger partial charge in [0, 0.05) is 0 Å². The number of hydrogen-bond donors (Lipinski definition) is 0. The van der Waals surface area contributed by atoms with Crippen molar-refractivity contribution in [2.75, 3.05) is 0 Å². The van der Waals surface area contributed by atoms with Crippen LogP contribution in [0.25, 0.3) is 0 Å². The highest BCUT2D eigenvalue weighted by Gasteiger charge is 2.48. The van der Waals surface area contributed by atoms with Gasteiger partial charge in [-0.1, -0.05) is 66.7 Å². The quantitative estimate of drug-likeness (QED) is 0.0848. The monoisotopic (exact) mass is 1260 g/mol. The molecule has 0 aliphatic rings. The van der Waals surface area contributed by atoms with Crippen molar-refractivity contribution in [3.8, 4) is 0 Å². The second-order valence-corrected chi connectivity index (χ2v) is 19.9. The predicted molar refractivity (Wildman–Crippen MR) is 242 cm³/mol. The summed E-state index contributed by atoms with van der Waals surface area (Å²) in [7, 11) is -0.819. The van der Waals surface area contributed by atoms with E-state index in [0.717, 1.165) is 29.2 Å². The van der Waals surface area contributed by atoms with Gasteiger partial charge in [-0.3, -0.25) is 0 Å². The fraction of sp³-hybridized carbons (Fsp3) is 0.192. The van der Waals surface area contributed by atoms with E-state index in [0.29, 0.717) is 9.79 Å². The highest BCUT2D eigenvalue weighted by atomic mass is 32.2. The maximum absolute atomic E-state index is 14.2. The molecule has 0 unspecified atom stereocenters. The van der Waals surface area contributed by atoms with E-state index in [1.807, 2.05) is 0 Å². The first-order valence-corrected chi connectivity index (χ1v) is 23.6. The minimum Gasteiger partial charge on any atom is -0.194 e. The third-order valence-corrected chi connectivity index (χ3v) is 14.5. The summed E-state index contributed by atoms with van der Waals surface area (Å²) in [5, 5.41) is 0. The zero-order chi connectivity index (χ0) is 63.6. The Morgan fingerprint density at radius 3 is 0.524 bits per heavy atom. The van der Waals surface area contributed by atoms with Gasteiger partial charge in [-0.25, -0.2) is 0 Å². The van der Waals surface area contributed by atoms with Gasteiger partial charge < -0.3 is 0 Å². The van der Waals surface area contributed by atoms with Crippen molar-refractivity contribution in [2.24, 2.45) is 0 Å². The smallest absolute Gasteiger partial charge is 0.194 e. The van der Waals surface area contributed by atoms with Crippen LogP contribution >= 0.6 is 0 Å². The van der Waals surface area contributed by atoms with Gasteiger partial charge in [-0.15, -0.1) is 0 Å². The van der Waals surface area contributed by atoms with E-state index in [2.05, 4.69) is 0 Å². The Morgan fingerprint density at radius 1 is 0.190 bits per heavy atom. The molecule has 7 aromatic carbocycles. The second-order valence-electron chi connectivity index (χ2n) is 17.9. The topological polar surface area (TPSA) is 0 Å². The maximum Gasteiger partial charge on any atom is 0.416 e. The SMILES string of the molecule is FC(F)(F)c1cc([B-](c2cc(C(F)(F)F)cc(C(F)(F)F)c2)(c2cc(C(F)(F)F)cc(C(F)(F)F)c2)c2cc(C(F)(F)F)cc(C(F)(F)F)c2)cc(C(F)(F)F)c1.FC(F)(F)c1ccc([S+](c2ccccc2)c2ccc(C(F)(F)F)cc2)cc1. The molecule has 32 heteroatoms. The third-order valence-electron chi connectivity index (χ3n) is 12.3. The number of hydrogen-bond acceptors (Lipinski definition) is 0. The molecule has 0 bridgehead atoms. The van der Waals surface area contributed by atoms with Gasteiger partial charge in [0.15, 0.2) is 14.7 Å². The van der Waals surface area contributed by atoms with Gasteiger partial charge in [-0.2, -0.15) is 154 Å². The zero-order valence-corrected chi connectivity index (χ0v) is 41.1. The summed E-state index contributed by atoms with van der Waals surface area (Å²) < 4.78 is 418. The van der Waals surface area contributed by atoms with Crippen molar-refractivity contribution < 1.29 is 132 Å². The lowest BCUT2D eigenvalue weighted by Crippen LogP contribution is -2.75. The van der Waals surface area contributed by atoms with Gasteiger partial charge in [0.25, 0.3) is 0 Å². The minimum atomic E-state index is -6.13. The summed E-state index contributed by atoms with van der Waals surface area (Å²) in [4.78, 5) is 1.99. The largest absolute Gasteiger partial charge is 0.416 e. The molecule has 0 saturated carbocycles. The van der Waals surface area contributed by atoms with Crippen LogP contribution in [0.3, 0.4) is 0 Å². The summed E-state index contributed by atoms with van der Waals surface area (Å²) >= 11 is 0. The van der Waals surface area contributed by atoms with Crippen LogP contribution in [0.4, 0.5) is 132 Å². The van der Waals surface area contributed by atoms with E-state index in [1.165, 1.54) is 24.3 Å². The molecule has 0 fully saturated rings. The van der Waals surface area contributed by atoms with E-state index in [4.69, 9.17) is 0 Å². The molecule has 452 valence electrons. The molecule has 7 aromatic rings. The van der Waals surface area contributed by atoms with E-state index < -0.39 is 229 Å². The lowest BCUT2D eigenvalue weighted by molar-refractivity contribution is -0.144. The molecule has 0 aliphatic carbocycles. The minimum absolute atomic E-state index is 0.592. The van der Waals surface area contributed by atoms with E-state index in [-0.39, 0.29) is 0 Å².